The van der Waals surface area contributed by atoms with Crippen molar-refractivity contribution in [2.45, 2.75) is 19.4 Å². The van der Waals surface area contributed by atoms with E-state index in [0.29, 0.717) is 29.8 Å². The van der Waals surface area contributed by atoms with Gasteiger partial charge in [0, 0.05) is 35.5 Å². The summed E-state index contributed by atoms with van der Waals surface area (Å²) in [5.74, 6) is -1.77. The van der Waals surface area contributed by atoms with Gasteiger partial charge in [0.1, 0.15) is 5.84 Å². The van der Waals surface area contributed by atoms with Crippen molar-refractivity contribution in [3.05, 3.63) is 106 Å². The highest BCUT2D eigenvalue weighted by Gasteiger charge is 2.25. The number of hydrogen-bond donors (Lipinski definition) is 4. The second-order valence-electron chi connectivity index (χ2n) is 8.56. The zero-order valence-electron chi connectivity index (χ0n) is 19.5. The van der Waals surface area contributed by atoms with Crippen molar-refractivity contribution in [1.82, 2.24) is 4.90 Å². The minimum atomic E-state index is -1.07. The lowest BCUT2D eigenvalue weighted by Gasteiger charge is -2.23. The predicted molar refractivity (Wildman–Crippen MR) is 138 cm³/mol. The molecule has 0 spiro atoms. The molecule has 4 rings (SSSR count). The minimum absolute atomic E-state index is 0.0746. The summed E-state index contributed by atoms with van der Waals surface area (Å²) >= 11 is 0. The molecule has 1 aliphatic rings. The molecule has 1 aliphatic heterocycles. The molecule has 0 fully saturated rings. The lowest BCUT2D eigenvalue weighted by Crippen LogP contribution is -2.33. The maximum Gasteiger partial charge on any atom is 0.308 e. The molecule has 182 valence electrons. The highest BCUT2D eigenvalue weighted by atomic mass is 16.4. The standard InChI is InChI=1S/C28H26N4O4/c29-26(30)19-6-8-20(9-7-19)27(35)31-24-11-10-21-14-22(16-25(33)34)28(36)32(17-23(21)15-24)13-12-18-4-2-1-3-5-18/h1-11,14-15H,12-13,16-17H2,(H3,29,30)(H,31,35)(H,33,34). The van der Waals surface area contributed by atoms with Gasteiger partial charge in [0.25, 0.3) is 11.8 Å². The van der Waals surface area contributed by atoms with Crippen LogP contribution in [0.4, 0.5) is 5.69 Å². The van der Waals surface area contributed by atoms with Crippen molar-refractivity contribution >= 4 is 35.4 Å². The molecule has 0 aromatic heterocycles. The summed E-state index contributed by atoms with van der Waals surface area (Å²) < 4.78 is 0. The first-order valence-corrected chi connectivity index (χ1v) is 11.4. The summed E-state index contributed by atoms with van der Waals surface area (Å²) in [6.45, 7) is 0.718. The number of nitrogens with one attached hydrogen (secondary N) is 2. The van der Waals surface area contributed by atoms with Crippen molar-refractivity contribution in [2.75, 3.05) is 11.9 Å². The fraction of sp³-hybridized carbons (Fsp3) is 0.143. The third-order valence-corrected chi connectivity index (χ3v) is 5.97. The summed E-state index contributed by atoms with van der Waals surface area (Å²) in [5, 5.41) is 19.7. The summed E-state index contributed by atoms with van der Waals surface area (Å²) in [6.07, 6.45) is 1.89. The number of carbonyl (C=O) groups excluding carboxylic acids is 2. The largest absolute Gasteiger partial charge is 0.481 e. The van der Waals surface area contributed by atoms with E-state index < -0.39 is 5.97 Å². The number of nitrogen functional groups attached to an aromatic ring is 1. The van der Waals surface area contributed by atoms with Crippen LogP contribution in [0.2, 0.25) is 0 Å². The fourth-order valence-electron chi connectivity index (χ4n) is 4.07. The molecule has 0 radical (unpaired) electrons. The Labute approximate surface area is 208 Å². The Morgan fingerprint density at radius 2 is 1.69 bits per heavy atom. The van der Waals surface area contributed by atoms with Gasteiger partial charge in [-0.1, -0.05) is 48.5 Å². The Bertz CT molecular complexity index is 1350. The highest BCUT2D eigenvalue weighted by Crippen LogP contribution is 2.27. The number of hydrogen-bond acceptors (Lipinski definition) is 4. The first-order chi connectivity index (χ1) is 17.3. The number of nitrogens with two attached hydrogens (primary N) is 1. The molecule has 0 aliphatic carbocycles. The fourth-order valence-corrected chi connectivity index (χ4v) is 4.07. The summed E-state index contributed by atoms with van der Waals surface area (Å²) in [6, 6.07) is 21.5. The lowest BCUT2D eigenvalue weighted by atomic mass is 10.0. The third-order valence-electron chi connectivity index (χ3n) is 5.97. The zero-order valence-corrected chi connectivity index (χ0v) is 19.5. The minimum Gasteiger partial charge on any atom is -0.481 e. The average Bonchev–Trinajstić information content (AvgIpc) is 2.99. The summed E-state index contributed by atoms with van der Waals surface area (Å²) in [4.78, 5) is 39.0. The molecular weight excluding hydrogens is 456 g/mol. The molecule has 0 saturated carbocycles. The second-order valence-corrected chi connectivity index (χ2v) is 8.56. The summed E-state index contributed by atoms with van der Waals surface area (Å²) in [7, 11) is 0. The van der Waals surface area contributed by atoms with E-state index in [2.05, 4.69) is 5.32 Å². The van der Waals surface area contributed by atoms with Gasteiger partial charge >= 0.3 is 5.97 Å². The van der Waals surface area contributed by atoms with E-state index in [-0.39, 0.29) is 36.2 Å². The van der Waals surface area contributed by atoms with Crippen LogP contribution in [0.5, 0.6) is 0 Å². The van der Waals surface area contributed by atoms with E-state index in [1.807, 2.05) is 30.3 Å². The Morgan fingerprint density at radius 3 is 2.36 bits per heavy atom. The topological polar surface area (TPSA) is 137 Å². The Kier molecular flexibility index (Phi) is 7.25. The van der Waals surface area contributed by atoms with Crippen LogP contribution in [0.15, 0.2) is 78.4 Å². The molecule has 3 aromatic carbocycles. The number of rotatable bonds is 8. The van der Waals surface area contributed by atoms with Gasteiger partial charge in [-0.2, -0.15) is 0 Å². The third kappa shape index (κ3) is 5.85. The van der Waals surface area contributed by atoms with Crippen LogP contribution in [0.1, 0.15) is 39.0 Å². The number of anilines is 1. The smallest absolute Gasteiger partial charge is 0.308 e. The van der Waals surface area contributed by atoms with Crippen molar-refractivity contribution in [1.29, 1.82) is 5.41 Å². The lowest BCUT2D eigenvalue weighted by molar-refractivity contribution is -0.138. The summed E-state index contributed by atoms with van der Waals surface area (Å²) in [5.41, 5.74) is 9.82. The molecular formula is C28H26N4O4. The van der Waals surface area contributed by atoms with E-state index >= 15 is 0 Å². The monoisotopic (exact) mass is 482 g/mol. The number of fused-ring (bicyclic) bond motifs is 1. The maximum absolute atomic E-state index is 13.2. The van der Waals surface area contributed by atoms with Crippen LogP contribution >= 0.6 is 0 Å². The molecule has 1 heterocycles. The Hall–Kier alpha value is -4.72. The zero-order chi connectivity index (χ0) is 25.7. The van der Waals surface area contributed by atoms with E-state index in [9.17, 15) is 19.5 Å². The van der Waals surface area contributed by atoms with E-state index in [4.69, 9.17) is 11.1 Å². The average molecular weight is 483 g/mol. The molecule has 0 atom stereocenters. The van der Waals surface area contributed by atoms with Gasteiger partial charge in [0.2, 0.25) is 0 Å². The molecule has 0 bridgehead atoms. The number of amides is 2. The van der Waals surface area contributed by atoms with E-state index in [1.165, 1.54) is 0 Å². The molecule has 8 heteroatoms. The molecule has 2 amide bonds. The van der Waals surface area contributed by atoms with Crippen LogP contribution in [-0.4, -0.2) is 40.2 Å². The molecule has 0 unspecified atom stereocenters. The highest BCUT2D eigenvalue weighted by molar-refractivity contribution is 6.06. The van der Waals surface area contributed by atoms with E-state index in [0.717, 1.165) is 16.7 Å². The Morgan fingerprint density at radius 1 is 1.00 bits per heavy atom. The second kappa shape index (κ2) is 10.7. The number of amidine groups is 1. The van der Waals surface area contributed by atoms with Gasteiger partial charge in [0.15, 0.2) is 0 Å². The van der Waals surface area contributed by atoms with Crippen molar-refractivity contribution in [3.8, 4) is 0 Å². The molecule has 5 N–H and O–H groups in total. The maximum atomic E-state index is 13.2. The number of benzene rings is 3. The van der Waals surface area contributed by atoms with Gasteiger partial charge in [0.05, 0.1) is 6.42 Å². The first kappa shape index (κ1) is 24.4. The van der Waals surface area contributed by atoms with Gasteiger partial charge in [-0.25, -0.2) is 0 Å². The molecule has 3 aromatic rings. The van der Waals surface area contributed by atoms with Crippen molar-refractivity contribution in [2.24, 2.45) is 5.73 Å². The number of aliphatic carboxylic acids is 1. The van der Waals surface area contributed by atoms with Crippen LogP contribution < -0.4 is 11.1 Å². The molecule has 8 nitrogen and oxygen atoms in total. The number of carboxylic acids is 1. The number of carboxylic acid groups (broad SMARTS) is 1. The van der Waals surface area contributed by atoms with Crippen LogP contribution in [-0.2, 0) is 22.6 Å². The van der Waals surface area contributed by atoms with Gasteiger partial charge < -0.3 is 21.1 Å². The van der Waals surface area contributed by atoms with Gasteiger partial charge in [-0.05, 0) is 53.5 Å². The van der Waals surface area contributed by atoms with Gasteiger partial charge in [-0.3, -0.25) is 19.8 Å². The van der Waals surface area contributed by atoms with Crippen molar-refractivity contribution < 1.29 is 19.5 Å². The number of carbonyl (C=O) groups is 3. The van der Waals surface area contributed by atoms with Crippen LogP contribution in [0.3, 0.4) is 0 Å². The van der Waals surface area contributed by atoms with Gasteiger partial charge in [-0.15, -0.1) is 0 Å². The molecule has 36 heavy (non-hydrogen) atoms. The Balaban J connectivity index is 1.57. The van der Waals surface area contributed by atoms with Crippen molar-refractivity contribution in [3.63, 3.8) is 0 Å². The predicted octanol–water partition coefficient (Wildman–Crippen LogP) is 3.67. The SMILES string of the molecule is N=C(N)c1ccc(C(=O)Nc2ccc3c(c2)CN(CCc2ccccc2)C(=O)C(CC(=O)O)=C3)cc1. The first-order valence-electron chi connectivity index (χ1n) is 11.4. The quantitative estimate of drug-likeness (QED) is 0.287. The van der Waals surface area contributed by atoms with E-state index in [1.54, 1.807) is 53.4 Å². The molecule has 0 saturated heterocycles. The van der Waals surface area contributed by atoms with Crippen LogP contribution in [0, 0.1) is 5.41 Å². The normalized spacial score (nSPS) is 12.8. The number of nitrogens with zero attached hydrogens (tertiary/aromatic N) is 1. The van der Waals surface area contributed by atoms with Crippen LogP contribution in [0.25, 0.3) is 6.08 Å².